The first-order chi connectivity index (χ1) is 5.27. The summed E-state index contributed by atoms with van der Waals surface area (Å²) >= 11 is 0. The Morgan fingerprint density at radius 1 is 1.36 bits per heavy atom. The van der Waals surface area contributed by atoms with Gasteiger partial charge in [-0.3, -0.25) is 4.79 Å². The van der Waals surface area contributed by atoms with Crippen molar-refractivity contribution >= 4 is 5.78 Å². The minimum Gasteiger partial charge on any atom is -0.294 e. The Bertz CT molecular complexity index is 320. The molecule has 0 aromatic rings. The second kappa shape index (κ2) is 2.81. The monoisotopic (exact) mass is 144 g/mol. The number of hydrogen-bond donors (Lipinski definition) is 0. The second-order valence-corrected chi connectivity index (χ2v) is 2.10. The molecule has 1 rings (SSSR count). The van der Waals surface area contributed by atoms with Gasteiger partial charge in [0.05, 0.1) is 0 Å². The minimum absolute atomic E-state index is 0.0344. The number of nitriles is 2. The smallest absolute Gasteiger partial charge is 0.160 e. The molecule has 0 saturated carbocycles. The fraction of sp³-hybridized carbons (Fsp3) is 0.125. The summed E-state index contributed by atoms with van der Waals surface area (Å²) < 4.78 is 0. The van der Waals surface area contributed by atoms with Crippen LogP contribution >= 0.6 is 0 Å². The van der Waals surface area contributed by atoms with Gasteiger partial charge in [0.2, 0.25) is 0 Å². The molecular weight excluding hydrogens is 140 g/mol. The van der Waals surface area contributed by atoms with Gasteiger partial charge in [0.15, 0.2) is 5.78 Å². The predicted octanol–water partition coefficient (Wildman–Crippen LogP) is 0.859. The lowest BCUT2D eigenvalue weighted by molar-refractivity contribution is -0.113. The van der Waals surface area contributed by atoms with Gasteiger partial charge in [0.25, 0.3) is 0 Å². The van der Waals surface area contributed by atoms with Crippen LogP contribution in [-0.4, -0.2) is 5.78 Å². The minimum atomic E-state index is -0.0528. The average molecular weight is 144 g/mol. The zero-order chi connectivity index (χ0) is 8.27. The molecule has 0 aromatic carbocycles. The SMILES string of the molecule is N#CC(C#N)=C1C=CC(=O)C1. The lowest BCUT2D eigenvalue weighted by Crippen LogP contribution is -1.87. The van der Waals surface area contributed by atoms with Crippen molar-refractivity contribution in [3.05, 3.63) is 23.3 Å². The number of allylic oxidation sites excluding steroid dienone is 4. The highest BCUT2D eigenvalue weighted by molar-refractivity contribution is 5.96. The van der Waals surface area contributed by atoms with E-state index < -0.39 is 0 Å². The summed E-state index contributed by atoms with van der Waals surface area (Å²) in [6.45, 7) is 0. The lowest BCUT2D eigenvalue weighted by Gasteiger charge is -1.87. The molecule has 1 aliphatic rings. The molecule has 3 heteroatoms. The molecule has 0 spiro atoms. The molecule has 0 radical (unpaired) electrons. The van der Waals surface area contributed by atoms with Crippen molar-refractivity contribution in [1.82, 2.24) is 0 Å². The number of carbonyl (C=O) groups is 1. The van der Waals surface area contributed by atoms with Gasteiger partial charge in [-0.1, -0.05) is 6.08 Å². The molecule has 0 unspecified atom stereocenters. The topological polar surface area (TPSA) is 64.7 Å². The van der Waals surface area contributed by atoms with Crippen LogP contribution < -0.4 is 0 Å². The molecule has 0 heterocycles. The molecular formula is C8H4N2O. The van der Waals surface area contributed by atoms with Gasteiger partial charge in [-0.15, -0.1) is 0 Å². The number of carbonyl (C=O) groups excluding carboxylic acids is 1. The van der Waals surface area contributed by atoms with Crippen LogP contribution in [0.15, 0.2) is 23.3 Å². The van der Waals surface area contributed by atoms with Crippen molar-refractivity contribution in [2.75, 3.05) is 0 Å². The fourth-order valence-electron chi connectivity index (χ4n) is 0.839. The van der Waals surface area contributed by atoms with Crippen LogP contribution in [-0.2, 0) is 4.79 Å². The third kappa shape index (κ3) is 1.33. The summed E-state index contributed by atoms with van der Waals surface area (Å²) in [5.41, 5.74) is 0.562. The lowest BCUT2D eigenvalue weighted by atomic mass is 10.1. The Hall–Kier alpha value is -1.87. The highest BCUT2D eigenvalue weighted by atomic mass is 16.1. The van der Waals surface area contributed by atoms with Crippen LogP contribution in [0.4, 0.5) is 0 Å². The molecule has 0 N–H and O–H groups in total. The summed E-state index contributed by atoms with van der Waals surface area (Å²) in [6.07, 6.45) is 3.09. The van der Waals surface area contributed by atoms with Crippen molar-refractivity contribution < 1.29 is 4.79 Å². The molecule has 11 heavy (non-hydrogen) atoms. The molecule has 0 aromatic heterocycles. The van der Waals surface area contributed by atoms with Crippen LogP contribution in [0, 0.1) is 22.7 Å². The van der Waals surface area contributed by atoms with E-state index in [-0.39, 0.29) is 17.8 Å². The van der Waals surface area contributed by atoms with Crippen LogP contribution in [0.5, 0.6) is 0 Å². The van der Waals surface area contributed by atoms with Crippen LogP contribution in [0.2, 0.25) is 0 Å². The maximum atomic E-state index is 10.6. The van der Waals surface area contributed by atoms with Crippen molar-refractivity contribution in [3.63, 3.8) is 0 Å². The van der Waals surface area contributed by atoms with Crippen LogP contribution in [0.1, 0.15) is 6.42 Å². The summed E-state index contributed by atoms with van der Waals surface area (Å²) in [7, 11) is 0. The van der Waals surface area contributed by atoms with Gasteiger partial charge in [0.1, 0.15) is 17.7 Å². The molecule has 0 atom stereocenters. The highest BCUT2D eigenvalue weighted by Gasteiger charge is 2.12. The number of hydrogen-bond acceptors (Lipinski definition) is 3. The van der Waals surface area contributed by atoms with Gasteiger partial charge in [-0.2, -0.15) is 10.5 Å². The summed E-state index contributed by atoms with van der Waals surface area (Å²) in [6, 6.07) is 3.46. The molecule has 52 valence electrons. The van der Waals surface area contributed by atoms with Gasteiger partial charge in [0, 0.05) is 6.42 Å². The quantitative estimate of drug-likeness (QED) is 0.473. The Balaban J connectivity index is 3.03. The maximum absolute atomic E-state index is 10.6. The van der Waals surface area contributed by atoms with Crippen molar-refractivity contribution in [2.45, 2.75) is 6.42 Å². The Labute approximate surface area is 63.9 Å². The van der Waals surface area contributed by atoms with E-state index >= 15 is 0 Å². The fourth-order valence-corrected chi connectivity index (χ4v) is 0.839. The van der Waals surface area contributed by atoms with E-state index in [1.165, 1.54) is 12.2 Å². The summed E-state index contributed by atoms with van der Waals surface area (Å²) in [4.78, 5) is 10.6. The maximum Gasteiger partial charge on any atom is 0.160 e. The van der Waals surface area contributed by atoms with E-state index in [9.17, 15) is 4.79 Å². The summed E-state index contributed by atoms with van der Waals surface area (Å²) in [5.74, 6) is -0.0528. The highest BCUT2D eigenvalue weighted by Crippen LogP contribution is 2.16. The zero-order valence-corrected chi connectivity index (χ0v) is 5.66. The van der Waals surface area contributed by atoms with Gasteiger partial charge in [-0.05, 0) is 11.6 Å². The predicted molar refractivity (Wildman–Crippen MR) is 37.0 cm³/mol. The first-order valence-electron chi connectivity index (χ1n) is 3.02. The van der Waals surface area contributed by atoms with Crippen molar-refractivity contribution in [1.29, 1.82) is 10.5 Å². The van der Waals surface area contributed by atoms with Crippen LogP contribution in [0.3, 0.4) is 0 Å². The molecule has 3 nitrogen and oxygen atoms in total. The van der Waals surface area contributed by atoms with Crippen molar-refractivity contribution in [3.8, 4) is 12.1 Å². The molecule has 0 fully saturated rings. The molecule has 0 bridgehead atoms. The van der Waals surface area contributed by atoms with E-state index in [4.69, 9.17) is 10.5 Å². The van der Waals surface area contributed by atoms with E-state index in [0.717, 1.165) is 0 Å². The Morgan fingerprint density at radius 3 is 2.36 bits per heavy atom. The Kier molecular flexibility index (Phi) is 1.85. The van der Waals surface area contributed by atoms with E-state index in [1.807, 2.05) is 0 Å². The normalized spacial score (nSPS) is 14.4. The Morgan fingerprint density at radius 2 is 2.00 bits per heavy atom. The van der Waals surface area contributed by atoms with Gasteiger partial charge >= 0.3 is 0 Å². The number of ketones is 1. The molecule has 0 aliphatic heterocycles. The van der Waals surface area contributed by atoms with Gasteiger partial charge in [-0.25, -0.2) is 0 Å². The molecule has 1 aliphatic carbocycles. The number of rotatable bonds is 0. The first kappa shape index (κ1) is 7.24. The summed E-state index contributed by atoms with van der Waals surface area (Å²) in [5, 5.41) is 16.8. The van der Waals surface area contributed by atoms with Crippen molar-refractivity contribution in [2.24, 2.45) is 0 Å². The van der Waals surface area contributed by atoms with Crippen LogP contribution in [0.25, 0.3) is 0 Å². The third-order valence-electron chi connectivity index (χ3n) is 1.38. The standard InChI is InChI=1S/C8H4N2O/c9-4-7(5-10)6-1-2-8(11)3-6/h1-2H,3H2. The second-order valence-electron chi connectivity index (χ2n) is 2.10. The first-order valence-corrected chi connectivity index (χ1v) is 3.02. The third-order valence-corrected chi connectivity index (χ3v) is 1.38. The molecule has 0 amide bonds. The molecule has 0 saturated heterocycles. The largest absolute Gasteiger partial charge is 0.294 e. The van der Waals surface area contributed by atoms with E-state index in [2.05, 4.69) is 0 Å². The number of nitrogens with zero attached hydrogens (tertiary/aromatic N) is 2. The zero-order valence-electron chi connectivity index (χ0n) is 5.66. The average Bonchev–Trinajstić information content (AvgIpc) is 2.39. The van der Waals surface area contributed by atoms with E-state index in [1.54, 1.807) is 12.1 Å². The van der Waals surface area contributed by atoms with Gasteiger partial charge < -0.3 is 0 Å². The van der Waals surface area contributed by atoms with E-state index in [0.29, 0.717) is 5.57 Å².